The van der Waals surface area contributed by atoms with Gasteiger partial charge in [0, 0.05) is 30.9 Å². The molecule has 1 aliphatic rings. The summed E-state index contributed by atoms with van der Waals surface area (Å²) in [5, 5.41) is 3.48. The number of nitrogens with one attached hydrogen (secondary N) is 1. The van der Waals surface area contributed by atoms with Crippen molar-refractivity contribution < 1.29 is 4.74 Å². The van der Waals surface area contributed by atoms with Gasteiger partial charge >= 0.3 is 0 Å². The van der Waals surface area contributed by atoms with E-state index in [-0.39, 0.29) is 0 Å². The Morgan fingerprint density at radius 2 is 2.24 bits per heavy atom. The van der Waals surface area contributed by atoms with Gasteiger partial charge in [0.15, 0.2) is 0 Å². The predicted molar refractivity (Wildman–Crippen MR) is 85.9 cm³/mol. The molecule has 112 valence electrons. The molecule has 2 aromatic rings. The zero-order valence-corrected chi connectivity index (χ0v) is 12.9. The molecule has 1 N–H and O–H groups in total. The Balaban J connectivity index is 1.67. The molecule has 1 atom stereocenters. The zero-order chi connectivity index (χ0) is 14.7. The topological polar surface area (TPSA) is 26.2 Å². The van der Waals surface area contributed by atoms with Crippen LogP contribution in [0.1, 0.15) is 36.7 Å². The molecule has 0 amide bonds. The summed E-state index contributed by atoms with van der Waals surface area (Å²) in [6.45, 7) is 7.23. The largest absolute Gasteiger partial charge is 0.493 e. The third kappa shape index (κ3) is 3.13. The highest BCUT2D eigenvalue weighted by Crippen LogP contribution is 2.26. The Hall–Kier alpha value is -1.74. The highest BCUT2D eigenvalue weighted by atomic mass is 16.5. The number of benzene rings is 1. The van der Waals surface area contributed by atoms with Crippen molar-refractivity contribution in [3.8, 4) is 5.75 Å². The van der Waals surface area contributed by atoms with Crippen LogP contribution in [0, 0.1) is 0 Å². The lowest BCUT2D eigenvalue weighted by Crippen LogP contribution is -2.21. The van der Waals surface area contributed by atoms with E-state index in [1.165, 1.54) is 16.8 Å². The van der Waals surface area contributed by atoms with Crippen LogP contribution in [-0.4, -0.2) is 17.7 Å². The Labute approximate surface area is 126 Å². The Bertz CT molecular complexity index is 603. The average molecular weight is 284 g/mol. The molecule has 3 nitrogen and oxygen atoms in total. The maximum absolute atomic E-state index is 5.57. The summed E-state index contributed by atoms with van der Waals surface area (Å²) in [6.07, 6.45) is 4.29. The molecule has 3 rings (SSSR count). The first-order valence-electron chi connectivity index (χ1n) is 7.91. The number of rotatable bonds is 6. The number of fused-ring (bicyclic) bond motifs is 1. The second-order valence-corrected chi connectivity index (χ2v) is 5.70. The second kappa shape index (κ2) is 6.35. The standard InChI is InChI=1S/C18H24N2O/c1-3-19-14(2)17-5-4-10-20(17)11-8-15-6-7-18-16(13-15)9-12-21-18/h4-7,10,13-14,19H,3,8-9,11-12H2,1-2H3. The van der Waals surface area contributed by atoms with Crippen molar-refractivity contribution in [1.29, 1.82) is 0 Å². The fourth-order valence-corrected chi connectivity index (χ4v) is 3.08. The minimum atomic E-state index is 0.401. The van der Waals surface area contributed by atoms with Crippen molar-refractivity contribution in [1.82, 2.24) is 9.88 Å². The van der Waals surface area contributed by atoms with E-state index in [1.54, 1.807) is 0 Å². The van der Waals surface area contributed by atoms with Crippen molar-refractivity contribution in [3.63, 3.8) is 0 Å². The van der Waals surface area contributed by atoms with Crippen LogP contribution in [0.4, 0.5) is 0 Å². The summed E-state index contributed by atoms with van der Waals surface area (Å²) in [5.74, 6) is 1.07. The van der Waals surface area contributed by atoms with E-state index in [0.29, 0.717) is 6.04 Å². The van der Waals surface area contributed by atoms with Gasteiger partial charge in [0.25, 0.3) is 0 Å². The van der Waals surface area contributed by atoms with Crippen LogP contribution < -0.4 is 10.1 Å². The molecule has 1 aromatic heterocycles. The number of aromatic nitrogens is 1. The second-order valence-electron chi connectivity index (χ2n) is 5.70. The number of hydrogen-bond acceptors (Lipinski definition) is 2. The molecule has 1 aliphatic heterocycles. The minimum Gasteiger partial charge on any atom is -0.493 e. The fourth-order valence-electron chi connectivity index (χ4n) is 3.08. The summed E-state index contributed by atoms with van der Waals surface area (Å²) in [4.78, 5) is 0. The summed E-state index contributed by atoms with van der Waals surface area (Å²) in [6, 6.07) is 11.4. The molecule has 21 heavy (non-hydrogen) atoms. The first-order chi connectivity index (χ1) is 10.3. The van der Waals surface area contributed by atoms with Gasteiger partial charge < -0.3 is 14.6 Å². The van der Waals surface area contributed by atoms with Crippen molar-refractivity contribution in [3.05, 3.63) is 53.3 Å². The SMILES string of the molecule is CCNC(C)c1cccn1CCc1ccc2c(c1)CCO2. The normalized spacial score (nSPS) is 14.8. The minimum absolute atomic E-state index is 0.401. The zero-order valence-electron chi connectivity index (χ0n) is 12.9. The Morgan fingerprint density at radius 1 is 1.33 bits per heavy atom. The molecule has 0 bridgehead atoms. The number of nitrogens with zero attached hydrogens (tertiary/aromatic N) is 1. The lowest BCUT2D eigenvalue weighted by atomic mass is 10.1. The maximum atomic E-state index is 5.57. The molecule has 2 heterocycles. The van der Waals surface area contributed by atoms with Gasteiger partial charge in [-0.15, -0.1) is 0 Å². The van der Waals surface area contributed by atoms with E-state index in [9.17, 15) is 0 Å². The van der Waals surface area contributed by atoms with E-state index < -0.39 is 0 Å². The molecule has 0 spiro atoms. The summed E-state index contributed by atoms with van der Waals surface area (Å²) < 4.78 is 7.93. The lowest BCUT2D eigenvalue weighted by molar-refractivity contribution is 0.357. The first kappa shape index (κ1) is 14.2. The lowest BCUT2D eigenvalue weighted by Gasteiger charge is -2.16. The van der Waals surface area contributed by atoms with Crippen LogP contribution in [0.5, 0.6) is 5.75 Å². The molecule has 0 aliphatic carbocycles. The summed E-state index contributed by atoms with van der Waals surface area (Å²) in [5.41, 5.74) is 4.12. The van der Waals surface area contributed by atoms with E-state index in [2.05, 4.69) is 60.3 Å². The van der Waals surface area contributed by atoms with Crippen LogP contribution in [0.25, 0.3) is 0 Å². The van der Waals surface area contributed by atoms with Gasteiger partial charge in [-0.2, -0.15) is 0 Å². The van der Waals surface area contributed by atoms with Gasteiger partial charge in [0.1, 0.15) is 5.75 Å². The molecule has 1 aromatic carbocycles. The average Bonchev–Trinajstić information content (AvgIpc) is 3.13. The molecule has 0 radical (unpaired) electrons. The third-order valence-electron chi connectivity index (χ3n) is 4.21. The molecular weight excluding hydrogens is 260 g/mol. The van der Waals surface area contributed by atoms with Crippen molar-refractivity contribution in [2.24, 2.45) is 0 Å². The smallest absolute Gasteiger partial charge is 0.122 e. The van der Waals surface area contributed by atoms with Crippen molar-refractivity contribution in [2.45, 2.75) is 39.3 Å². The van der Waals surface area contributed by atoms with Gasteiger partial charge in [0.05, 0.1) is 6.61 Å². The summed E-state index contributed by atoms with van der Waals surface area (Å²) >= 11 is 0. The molecular formula is C18H24N2O. The first-order valence-corrected chi connectivity index (χ1v) is 7.91. The summed E-state index contributed by atoms with van der Waals surface area (Å²) in [7, 11) is 0. The predicted octanol–water partition coefficient (Wildman–Crippen LogP) is 3.34. The number of hydrogen-bond donors (Lipinski definition) is 1. The van der Waals surface area contributed by atoms with Gasteiger partial charge in [-0.05, 0) is 49.2 Å². The molecule has 0 saturated carbocycles. The van der Waals surface area contributed by atoms with Crippen LogP contribution in [-0.2, 0) is 19.4 Å². The van der Waals surface area contributed by atoms with Crippen LogP contribution in [0.15, 0.2) is 36.5 Å². The number of ether oxygens (including phenoxy) is 1. The van der Waals surface area contributed by atoms with Crippen molar-refractivity contribution in [2.75, 3.05) is 13.2 Å². The molecule has 3 heteroatoms. The van der Waals surface area contributed by atoms with E-state index in [4.69, 9.17) is 4.74 Å². The monoisotopic (exact) mass is 284 g/mol. The molecule has 0 saturated heterocycles. The van der Waals surface area contributed by atoms with Crippen LogP contribution >= 0.6 is 0 Å². The van der Waals surface area contributed by atoms with E-state index in [0.717, 1.165) is 38.3 Å². The quantitative estimate of drug-likeness (QED) is 0.880. The van der Waals surface area contributed by atoms with E-state index >= 15 is 0 Å². The molecule has 1 unspecified atom stereocenters. The molecule has 0 fully saturated rings. The van der Waals surface area contributed by atoms with Crippen LogP contribution in [0.3, 0.4) is 0 Å². The Morgan fingerprint density at radius 3 is 3.10 bits per heavy atom. The van der Waals surface area contributed by atoms with Crippen LogP contribution in [0.2, 0.25) is 0 Å². The van der Waals surface area contributed by atoms with Crippen molar-refractivity contribution >= 4 is 0 Å². The number of aryl methyl sites for hydroxylation is 2. The van der Waals surface area contributed by atoms with Gasteiger partial charge in [-0.25, -0.2) is 0 Å². The van der Waals surface area contributed by atoms with E-state index in [1.807, 2.05) is 0 Å². The van der Waals surface area contributed by atoms with Gasteiger partial charge in [-0.3, -0.25) is 0 Å². The highest BCUT2D eigenvalue weighted by Gasteiger charge is 2.12. The fraction of sp³-hybridized carbons (Fsp3) is 0.444. The van der Waals surface area contributed by atoms with Gasteiger partial charge in [0.2, 0.25) is 0 Å². The maximum Gasteiger partial charge on any atom is 0.122 e. The third-order valence-corrected chi connectivity index (χ3v) is 4.21. The Kier molecular flexibility index (Phi) is 4.30. The highest BCUT2D eigenvalue weighted by molar-refractivity contribution is 5.39. The van der Waals surface area contributed by atoms with Gasteiger partial charge in [-0.1, -0.05) is 19.1 Å².